The average molecular weight is 292 g/mol. The highest BCUT2D eigenvalue weighted by molar-refractivity contribution is 4.84. The molecule has 0 aromatic rings. The number of hydrogen-bond donors (Lipinski definition) is 0. The molecule has 0 aliphatic rings. The van der Waals surface area contributed by atoms with Gasteiger partial charge in [0.25, 0.3) is 5.92 Å². The van der Waals surface area contributed by atoms with Crippen LogP contribution in [0.4, 0.5) is 8.78 Å². The van der Waals surface area contributed by atoms with E-state index in [0.717, 1.165) is 13.0 Å². The topological polar surface area (TPSA) is 6.48 Å². The molecule has 0 spiro atoms. The molecule has 0 aromatic carbocycles. The molecule has 2 nitrogen and oxygen atoms in total. The van der Waals surface area contributed by atoms with Gasteiger partial charge in [0.15, 0.2) is 0 Å². The van der Waals surface area contributed by atoms with Crippen LogP contribution in [0.2, 0.25) is 0 Å². The first-order valence-electron chi connectivity index (χ1n) is 7.77. The molecule has 0 N–H and O–H groups in total. The summed E-state index contributed by atoms with van der Waals surface area (Å²) >= 11 is 0. The van der Waals surface area contributed by atoms with E-state index in [1.54, 1.807) is 30.8 Å². The van der Waals surface area contributed by atoms with E-state index >= 15 is 0 Å². The summed E-state index contributed by atoms with van der Waals surface area (Å²) in [6.07, 6.45) is 0.967. The van der Waals surface area contributed by atoms with Gasteiger partial charge < -0.3 is 0 Å². The lowest BCUT2D eigenvalue weighted by atomic mass is 9.94. The molecule has 0 rings (SSSR count). The lowest BCUT2D eigenvalue weighted by molar-refractivity contribution is -0.0904. The molecule has 122 valence electrons. The van der Waals surface area contributed by atoms with Crippen LogP contribution in [0.3, 0.4) is 0 Å². The Hall–Kier alpha value is -0.220. The molecule has 0 aliphatic carbocycles. The minimum Gasteiger partial charge on any atom is -0.298 e. The maximum absolute atomic E-state index is 14.3. The first-order valence-corrected chi connectivity index (χ1v) is 7.77. The van der Waals surface area contributed by atoms with Gasteiger partial charge in [-0.2, -0.15) is 0 Å². The van der Waals surface area contributed by atoms with E-state index in [4.69, 9.17) is 0 Å². The van der Waals surface area contributed by atoms with Crippen LogP contribution in [0.25, 0.3) is 0 Å². The number of halogens is 2. The van der Waals surface area contributed by atoms with E-state index in [0.29, 0.717) is 11.8 Å². The van der Waals surface area contributed by atoms with Gasteiger partial charge in [-0.1, -0.05) is 20.8 Å². The van der Waals surface area contributed by atoms with E-state index in [2.05, 4.69) is 20.8 Å². The fourth-order valence-electron chi connectivity index (χ4n) is 1.90. The van der Waals surface area contributed by atoms with Gasteiger partial charge in [-0.3, -0.25) is 9.80 Å². The summed E-state index contributed by atoms with van der Waals surface area (Å²) in [5.74, 6) is -1.52. The fourth-order valence-corrected chi connectivity index (χ4v) is 1.90. The Morgan fingerprint density at radius 1 is 0.900 bits per heavy atom. The first-order chi connectivity index (χ1) is 8.99. The number of hydrogen-bond acceptors (Lipinski definition) is 2. The van der Waals surface area contributed by atoms with Crippen molar-refractivity contribution in [3.8, 4) is 0 Å². The zero-order valence-electron chi connectivity index (χ0n) is 14.6. The SMILES string of the molecule is CC(C)C(C)CCN(C)C(C)C(F)(F)CN(C)C(C)C. The molecule has 2 atom stereocenters. The largest absolute Gasteiger partial charge is 0.298 e. The van der Waals surface area contributed by atoms with Gasteiger partial charge in [-0.15, -0.1) is 0 Å². The van der Waals surface area contributed by atoms with Crippen molar-refractivity contribution in [3.05, 3.63) is 0 Å². The molecule has 0 bridgehead atoms. The van der Waals surface area contributed by atoms with Crippen molar-refractivity contribution in [2.24, 2.45) is 11.8 Å². The zero-order valence-corrected chi connectivity index (χ0v) is 14.6. The minimum absolute atomic E-state index is 0.138. The third-order valence-electron chi connectivity index (χ3n) is 4.69. The number of nitrogens with zero attached hydrogens (tertiary/aromatic N) is 2. The second-order valence-corrected chi connectivity index (χ2v) is 6.94. The molecular formula is C16H34F2N2. The van der Waals surface area contributed by atoms with Crippen molar-refractivity contribution in [3.63, 3.8) is 0 Å². The molecule has 0 aromatic heterocycles. The van der Waals surface area contributed by atoms with Crippen LogP contribution in [-0.2, 0) is 0 Å². The van der Waals surface area contributed by atoms with Gasteiger partial charge in [-0.05, 0) is 59.7 Å². The molecule has 0 saturated carbocycles. The normalized spacial score (nSPS) is 16.5. The van der Waals surface area contributed by atoms with Crippen LogP contribution in [0.5, 0.6) is 0 Å². The lowest BCUT2D eigenvalue weighted by Gasteiger charge is -2.35. The van der Waals surface area contributed by atoms with Gasteiger partial charge in [-0.25, -0.2) is 8.78 Å². The van der Waals surface area contributed by atoms with E-state index in [9.17, 15) is 8.78 Å². The molecule has 0 saturated heterocycles. The Morgan fingerprint density at radius 2 is 1.40 bits per heavy atom. The van der Waals surface area contributed by atoms with Gasteiger partial charge >= 0.3 is 0 Å². The van der Waals surface area contributed by atoms with Crippen LogP contribution in [0.15, 0.2) is 0 Å². The predicted molar refractivity (Wildman–Crippen MR) is 83.4 cm³/mol. The Kier molecular flexibility index (Phi) is 8.19. The number of alkyl halides is 2. The molecular weight excluding hydrogens is 258 g/mol. The van der Waals surface area contributed by atoms with Gasteiger partial charge in [0, 0.05) is 6.04 Å². The first kappa shape index (κ1) is 19.8. The Labute approximate surface area is 124 Å². The van der Waals surface area contributed by atoms with Crippen LogP contribution in [-0.4, -0.2) is 55.0 Å². The summed E-state index contributed by atoms with van der Waals surface area (Å²) < 4.78 is 28.6. The Morgan fingerprint density at radius 3 is 1.80 bits per heavy atom. The monoisotopic (exact) mass is 292 g/mol. The molecule has 0 aliphatic heterocycles. The van der Waals surface area contributed by atoms with Gasteiger partial charge in [0.2, 0.25) is 0 Å². The molecule has 0 amide bonds. The highest BCUT2D eigenvalue weighted by Crippen LogP contribution is 2.25. The third kappa shape index (κ3) is 6.49. The summed E-state index contributed by atoms with van der Waals surface area (Å²) in [4.78, 5) is 3.51. The summed E-state index contributed by atoms with van der Waals surface area (Å²) in [6.45, 7) is 12.6. The van der Waals surface area contributed by atoms with E-state index in [1.165, 1.54) is 0 Å². The smallest absolute Gasteiger partial charge is 0.275 e. The predicted octanol–water partition coefficient (Wildman–Crippen LogP) is 3.96. The van der Waals surface area contributed by atoms with E-state index < -0.39 is 12.0 Å². The Balaban J connectivity index is 4.43. The van der Waals surface area contributed by atoms with Crippen molar-refractivity contribution >= 4 is 0 Å². The second-order valence-electron chi connectivity index (χ2n) is 6.94. The van der Waals surface area contributed by atoms with Crippen molar-refractivity contribution in [1.29, 1.82) is 0 Å². The van der Waals surface area contributed by atoms with Crippen molar-refractivity contribution in [2.75, 3.05) is 27.2 Å². The minimum atomic E-state index is -2.69. The zero-order chi connectivity index (χ0) is 16.1. The number of rotatable bonds is 9. The summed E-state index contributed by atoms with van der Waals surface area (Å²) in [7, 11) is 3.56. The summed E-state index contributed by atoms with van der Waals surface area (Å²) in [5, 5.41) is 0. The fraction of sp³-hybridized carbons (Fsp3) is 1.00. The quantitative estimate of drug-likeness (QED) is 0.634. The maximum Gasteiger partial charge on any atom is 0.275 e. The van der Waals surface area contributed by atoms with Crippen molar-refractivity contribution < 1.29 is 8.78 Å². The van der Waals surface area contributed by atoms with Gasteiger partial charge in [0.05, 0.1) is 12.6 Å². The van der Waals surface area contributed by atoms with Gasteiger partial charge in [0.1, 0.15) is 0 Å². The highest BCUT2D eigenvalue weighted by Gasteiger charge is 2.40. The van der Waals surface area contributed by atoms with Crippen LogP contribution in [0.1, 0.15) is 48.0 Å². The lowest BCUT2D eigenvalue weighted by Crippen LogP contribution is -2.51. The Bertz CT molecular complexity index is 267. The van der Waals surface area contributed by atoms with E-state index in [1.807, 2.05) is 13.8 Å². The molecule has 0 fully saturated rings. The van der Waals surface area contributed by atoms with Crippen molar-refractivity contribution in [1.82, 2.24) is 9.80 Å². The second kappa shape index (κ2) is 8.28. The van der Waals surface area contributed by atoms with Crippen molar-refractivity contribution in [2.45, 2.75) is 66.0 Å². The maximum atomic E-state index is 14.3. The standard InChI is InChI=1S/C16H34F2N2/c1-12(2)14(5)9-10-19(7)15(6)16(17,18)11-20(8)13(3)4/h12-15H,9-11H2,1-8H3. The molecule has 0 radical (unpaired) electrons. The van der Waals surface area contributed by atoms with Crippen LogP contribution in [0, 0.1) is 11.8 Å². The molecule has 4 heteroatoms. The summed E-state index contributed by atoms with van der Waals surface area (Å²) in [5.41, 5.74) is 0. The highest BCUT2D eigenvalue weighted by atomic mass is 19.3. The van der Waals surface area contributed by atoms with Crippen LogP contribution >= 0.6 is 0 Å². The average Bonchev–Trinajstić information content (AvgIpc) is 2.33. The molecule has 0 heterocycles. The molecule has 2 unspecified atom stereocenters. The van der Waals surface area contributed by atoms with E-state index in [-0.39, 0.29) is 12.6 Å². The molecule has 20 heavy (non-hydrogen) atoms. The summed E-state index contributed by atoms with van der Waals surface area (Å²) in [6, 6.07) is -0.595. The third-order valence-corrected chi connectivity index (χ3v) is 4.69. The van der Waals surface area contributed by atoms with Crippen LogP contribution < -0.4 is 0 Å².